The monoisotopic (exact) mass is 283 g/mol. The molecular weight excluding hydrogens is 262 g/mol. The third kappa shape index (κ3) is 2.86. The fraction of sp³-hybridized carbons (Fsp3) is 0.333. The molecule has 2 aromatic carbocycles. The summed E-state index contributed by atoms with van der Waals surface area (Å²) in [6.45, 7) is 1.15. The topological polar surface area (TPSA) is 41.5 Å². The predicted molar refractivity (Wildman–Crippen MR) is 84.2 cm³/mol. The Labute approximate surface area is 125 Å². The molecule has 0 aliphatic heterocycles. The van der Waals surface area contributed by atoms with Gasteiger partial charge in [0.2, 0.25) is 0 Å². The first-order valence-corrected chi connectivity index (χ1v) is 7.40. The highest BCUT2D eigenvalue weighted by Crippen LogP contribution is 2.42. The lowest BCUT2D eigenvalue weighted by Gasteiger charge is -2.17. The molecule has 21 heavy (non-hydrogen) atoms. The van der Waals surface area contributed by atoms with E-state index in [4.69, 9.17) is 4.74 Å². The van der Waals surface area contributed by atoms with Crippen LogP contribution in [-0.2, 0) is 4.74 Å². The van der Waals surface area contributed by atoms with E-state index < -0.39 is 6.10 Å². The molecule has 3 nitrogen and oxygen atoms in total. The molecule has 0 fully saturated rings. The molecule has 1 unspecified atom stereocenters. The zero-order valence-electron chi connectivity index (χ0n) is 12.3. The van der Waals surface area contributed by atoms with Crippen molar-refractivity contribution in [2.45, 2.75) is 18.6 Å². The molecule has 0 saturated heterocycles. The van der Waals surface area contributed by atoms with Gasteiger partial charge in [-0.1, -0.05) is 48.5 Å². The second kappa shape index (κ2) is 6.39. The third-order valence-corrected chi connectivity index (χ3v) is 4.02. The van der Waals surface area contributed by atoms with Crippen LogP contribution < -0.4 is 5.32 Å². The van der Waals surface area contributed by atoms with Crippen molar-refractivity contribution in [1.29, 1.82) is 0 Å². The molecule has 1 aliphatic carbocycles. The highest BCUT2D eigenvalue weighted by molar-refractivity contribution is 5.78. The van der Waals surface area contributed by atoms with Crippen LogP contribution in [0.4, 0.5) is 0 Å². The summed E-state index contributed by atoms with van der Waals surface area (Å²) in [5, 5.41) is 13.3. The van der Waals surface area contributed by atoms with Crippen molar-refractivity contribution in [3.05, 3.63) is 59.7 Å². The van der Waals surface area contributed by atoms with Crippen molar-refractivity contribution in [2.24, 2.45) is 0 Å². The third-order valence-electron chi connectivity index (χ3n) is 4.02. The van der Waals surface area contributed by atoms with E-state index in [2.05, 4.69) is 53.8 Å². The molecule has 0 heterocycles. The molecule has 1 atom stereocenters. The number of methoxy groups -OCH3 is 1. The maximum atomic E-state index is 9.75. The van der Waals surface area contributed by atoms with Crippen LogP contribution in [0.1, 0.15) is 23.6 Å². The molecule has 2 N–H and O–H groups in total. The van der Waals surface area contributed by atoms with Crippen LogP contribution in [0.15, 0.2) is 48.5 Å². The Morgan fingerprint density at radius 3 is 2.19 bits per heavy atom. The average molecular weight is 283 g/mol. The first-order chi connectivity index (χ1) is 10.3. The highest BCUT2D eigenvalue weighted by atomic mass is 16.5. The minimum absolute atomic E-state index is 0.215. The summed E-state index contributed by atoms with van der Waals surface area (Å²) in [6, 6.07) is 17.3. The maximum Gasteiger partial charge on any atom is 0.0785 e. The van der Waals surface area contributed by atoms with Crippen molar-refractivity contribution in [3.63, 3.8) is 0 Å². The fourth-order valence-corrected chi connectivity index (χ4v) is 3.05. The fourth-order valence-electron chi connectivity index (χ4n) is 3.05. The van der Waals surface area contributed by atoms with Gasteiger partial charge in [0.05, 0.1) is 18.8 Å². The first kappa shape index (κ1) is 14.3. The van der Waals surface area contributed by atoms with E-state index in [0.717, 1.165) is 6.54 Å². The number of aliphatic hydroxyl groups is 1. The van der Waals surface area contributed by atoms with E-state index in [9.17, 15) is 5.11 Å². The van der Waals surface area contributed by atoms with E-state index in [-0.39, 0.29) is 6.04 Å². The van der Waals surface area contributed by atoms with Gasteiger partial charge in [0.1, 0.15) is 0 Å². The second-order valence-electron chi connectivity index (χ2n) is 5.46. The van der Waals surface area contributed by atoms with Gasteiger partial charge >= 0.3 is 0 Å². The van der Waals surface area contributed by atoms with Crippen LogP contribution in [0.5, 0.6) is 0 Å². The lowest BCUT2D eigenvalue weighted by atomic mass is 10.1. The molecule has 110 valence electrons. The lowest BCUT2D eigenvalue weighted by molar-refractivity contribution is 0.0592. The van der Waals surface area contributed by atoms with Gasteiger partial charge < -0.3 is 15.2 Å². The van der Waals surface area contributed by atoms with Gasteiger partial charge in [-0.2, -0.15) is 0 Å². The number of aliphatic hydroxyl groups excluding tert-OH is 1. The van der Waals surface area contributed by atoms with E-state index >= 15 is 0 Å². The smallest absolute Gasteiger partial charge is 0.0785 e. The molecule has 3 rings (SSSR count). The SMILES string of the molecule is COCC(O)CCNC1c2ccccc2-c2ccccc21. The largest absolute Gasteiger partial charge is 0.391 e. The van der Waals surface area contributed by atoms with Gasteiger partial charge in [0.15, 0.2) is 0 Å². The van der Waals surface area contributed by atoms with E-state index in [1.54, 1.807) is 7.11 Å². The van der Waals surface area contributed by atoms with Gasteiger partial charge in [0.25, 0.3) is 0 Å². The van der Waals surface area contributed by atoms with Crippen LogP contribution in [0.2, 0.25) is 0 Å². The predicted octanol–water partition coefficient (Wildman–Crippen LogP) is 2.74. The summed E-state index contributed by atoms with van der Waals surface area (Å²) >= 11 is 0. The molecule has 2 aromatic rings. The minimum Gasteiger partial charge on any atom is -0.391 e. The van der Waals surface area contributed by atoms with Crippen molar-refractivity contribution in [3.8, 4) is 11.1 Å². The zero-order chi connectivity index (χ0) is 14.7. The summed E-state index contributed by atoms with van der Waals surface area (Å²) in [6.07, 6.45) is 0.281. The van der Waals surface area contributed by atoms with Crippen molar-refractivity contribution in [1.82, 2.24) is 5.32 Å². The number of benzene rings is 2. The molecule has 0 bridgehead atoms. The van der Waals surface area contributed by atoms with E-state index in [1.165, 1.54) is 22.3 Å². The molecule has 0 radical (unpaired) electrons. The Morgan fingerprint density at radius 2 is 1.62 bits per heavy atom. The number of nitrogens with one attached hydrogen (secondary N) is 1. The van der Waals surface area contributed by atoms with Crippen LogP contribution in [-0.4, -0.2) is 31.5 Å². The normalized spacial score (nSPS) is 14.8. The summed E-state index contributed by atoms with van der Waals surface area (Å²) in [5.74, 6) is 0. The minimum atomic E-state index is -0.408. The number of hydrogen-bond donors (Lipinski definition) is 2. The summed E-state index contributed by atoms with van der Waals surface area (Å²) in [5.41, 5.74) is 5.26. The lowest BCUT2D eigenvalue weighted by Crippen LogP contribution is -2.26. The van der Waals surface area contributed by atoms with Gasteiger partial charge in [-0.25, -0.2) is 0 Å². The Balaban J connectivity index is 1.76. The Morgan fingerprint density at radius 1 is 1.05 bits per heavy atom. The maximum absolute atomic E-state index is 9.75. The number of fused-ring (bicyclic) bond motifs is 3. The van der Waals surface area contributed by atoms with Gasteiger partial charge in [0, 0.05) is 7.11 Å². The molecular formula is C18H21NO2. The van der Waals surface area contributed by atoms with Gasteiger partial charge in [-0.05, 0) is 35.2 Å². The van der Waals surface area contributed by atoms with Crippen LogP contribution in [0.3, 0.4) is 0 Å². The van der Waals surface area contributed by atoms with Crippen molar-refractivity contribution >= 4 is 0 Å². The standard InChI is InChI=1S/C18H21NO2/c1-21-12-13(20)10-11-19-18-16-8-4-2-6-14(16)15-7-3-5-9-17(15)18/h2-9,13,18-20H,10-12H2,1H3. The zero-order valence-corrected chi connectivity index (χ0v) is 12.3. The Bertz CT molecular complexity index is 566. The van der Waals surface area contributed by atoms with Crippen LogP contribution >= 0.6 is 0 Å². The quantitative estimate of drug-likeness (QED) is 0.856. The van der Waals surface area contributed by atoms with Crippen molar-refractivity contribution in [2.75, 3.05) is 20.3 Å². The number of ether oxygens (including phenoxy) is 1. The van der Waals surface area contributed by atoms with Crippen LogP contribution in [0.25, 0.3) is 11.1 Å². The summed E-state index contributed by atoms with van der Waals surface area (Å²) in [7, 11) is 1.61. The van der Waals surface area contributed by atoms with Gasteiger partial charge in [-0.3, -0.25) is 0 Å². The molecule has 0 amide bonds. The summed E-state index contributed by atoms with van der Waals surface area (Å²) < 4.78 is 4.96. The molecule has 0 aromatic heterocycles. The Hall–Kier alpha value is -1.68. The summed E-state index contributed by atoms with van der Waals surface area (Å²) in [4.78, 5) is 0. The molecule has 3 heteroatoms. The van der Waals surface area contributed by atoms with Gasteiger partial charge in [-0.15, -0.1) is 0 Å². The van der Waals surface area contributed by atoms with Crippen LogP contribution in [0, 0.1) is 0 Å². The molecule has 0 spiro atoms. The molecule has 0 saturated carbocycles. The van der Waals surface area contributed by atoms with Crippen molar-refractivity contribution < 1.29 is 9.84 Å². The Kier molecular flexibility index (Phi) is 4.34. The van der Waals surface area contributed by atoms with E-state index in [1.807, 2.05) is 0 Å². The molecule has 1 aliphatic rings. The number of rotatable bonds is 6. The number of hydrogen-bond acceptors (Lipinski definition) is 3. The second-order valence-corrected chi connectivity index (χ2v) is 5.46. The average Bonchev–Trinajstić information content (AvgIpc) is 2.83. The highest BCUT2D eigenvalue weighted by Gasteiger charge is 2.27. The van der Waals surface area contributed by atoms with E-state index in [0.29, 0.717) is 13.0 Å². The first-order valence-electron chi connectivity index (χ1n) is 7.40.